The summed E-state index contributed by atoms with van der Waals surface area (Å²) >= 11 is 16.7. The molecular formula is C27H27BrCl2N8O. The number of aliphatic imine (C=N–C) groups is 1. The van der Waals surface area contributed by atoms with Crippen molar-refractivity contribution in [3.05, 3.63) is 62.7 Å². The third-order valence-corrected chi connectivity index (χ3v) is 8.62. The van der Waals surface area contributed by atoms with Crippen molar-refractivity contribution < 1.29 is 4.79 Å². The second-order valence-electron chi connectivity index (χ2n) is 9.95. The van der Waals surface area contributed by atoms with Crippen molar-refractivity contribution in [2.75, 3.05) is 60.3 Å². The summed E-state index contributed by atoms with van der Waals surface area (Å²) in [7, 11) is 4.30. The highest BCUT2D eigenvalue weighted by molar-refractivity contribution is 9.10. The predicted molar refractivity (Wildman–Crippen MR) is 161 cm³/mol. The molecule has 1 aromatic heterocycles. The van der Waals surface area contributed by atoms with Crippen LogP contribution in [-0.4, -0.2) is 73.1 Å². The molecule has 4 heterocycles. The van der Waals surface area contributed by atoms with E-state index in [1.165, 1.54) is 16.8 Å². The van der Waals surface area contributed by atoms with Crippen LogP contribution in [0.2, 0.25) is 10.0 Å². The predicted octanol–water partition coefficient (Wildman–Crippen LogP) is 5.66. The average Bonchev–Trinajstić information content (AvgIpc) is 3.40. The number of carbonyl (C=O) groups is 1. The van der Waals surface area contributed by atoms with Crippen LogP contribution in [0.15, 0.2) is 52.1 Å². The minimum atomic E-state index is -0.325. The van der Waals surface area contributed by atoms with Crippen molar-refractivity contribution in [1.29, 1.82) is 0 Å². The molecule has 3 aliphatic rings. The van der Waals surface area contributed by atoms with E-state index >= 15 is 0 Å². The zero-order chi connectivity index (χ0) is 27.3. The van der Waals surface area contributed by atoms with Gasteiger partial charge >= 0.3 is 0 Å². The molecule has 0 aliphatic carbocycles. The first-order valence-electron chi connectivity index (χ1n) is 12.8. The Morgan fingerprint density at radius 3 is 2.51 bits per heavy atom. The molecule has 0 radical (unpaired) electrons. The van der Waals surface area contributed by atoms with E-state index in [4.69, 9.17) is 28.2 Å². The number of hydrogen-bond donors (Lipinski definition) is 1. The molecule has 0 saturated carbocycles. The van der Waals surface area contributed by atoms with Crippen LogP contribution in [0.3, 0.4) is 0 Å². The molecule has 0 unspecified atom stereocenters. The molecule has 0 spiro atoms. The summed E-state index contributed by atoms with van der Waals surface area (Å²) in [6.45, 7) is 3.14. The number of guanidine groups is 1. The van der Waals surface area contributed by atoms with Crippen LogP contribution in [0.4, 0.5) is 28.8 Å². The molecule has 12 heteroatoms. The Bertz CT molecular complexity index is 1450. The van der Waals surface area contributed by atoms with E-state index in [0.29, 0.717) is 58.2 Å². The maximum absolute atomic E-state index is 13.6. The van der Waals surface area contributed by atoms with Gasteiger partial charge in [0.15, 0.2) is 5.82 Å². The van der Waals surface area contributed by atoms with E-state index in [2.05, 4.69) is 61.2 Å². The van der Waals surface area contributed by atoms with Gasteiger partial charge in [-0.2, -0.15) is 4.98 Å². The van der Waals surface area contributed by atoms with Gasteiger partial charge in [0.1, 0.15) is 5.56 Å². The van der Waals surface area contributed by atoms with Crippen molar-refractivity contribution in [2.45, 2.75) is 18.9 Å². The number of para-hydroxylation sites is 1. The van der Waals surface area contributed by atoms with Gasteiger partial charge in [0, 0.05) is 42.0 Å². The van der Waals surface area contributed by atoms with Crippen LogP contribution in [0, 0.1) is 0 Å². The molecule has 3 aromatic rings. The van der Waals surface area contributed by atoms with Crippen molar-refractivity contribution in [2.24, 2.45) is 4.99 Å². The first kappa shape index (κ1) is 26.3. The third-order valence-electron chi connectivity index (χ3n) is 7.38. The van der Waals surface area contributed by atoms with Crippen LogP contribution in [0.5, 0.6) is 0 Å². The van der Waals surface area contributed by atoms with E-state index in [1.807, 2.05) is 17.0 Å². The lowest BCUT2D eigenvalue weighted by atomic mass is 10.0. The summed E-state index contributed by atoms with van der Waals surface area (Å²) in [6.07, 6.45) is 3.82. The molecule has 1 saturated heterocycles. The van der Waals surface area contributed by atoms with Gasteiger partial charge in [-0.15, -0.1) is 0 Å². The molecule has 0 bridgehead atoms. The fourth-order valence-corrected chi connectivity index (χ4v) is 6.52. The number of fused-ring (bicyclic) bond motifs is 3. The monoisotopic (exact) mass is 628 g/mol. The summed E-state index contributed by atoms with van der Waals surface area (Å²) in [6, 6.07) is 11.9. The third kappa shape index (κ3) is 4.84. The second-order valence-corrected chi connectivity index (χ2v) is 11.6. The number of amides is 1. The summed E-state index contributed by atoms with van der Waals surface area (Å²) in [5.74, 6) is 1.03. The second kappa shape index (κ2) is 10.6. The van der Waals surface area contributed by atoms with Crippen molar-refractivity contribution in [3.63, 3.8) is 0 Å². The number of hydrogen-bond acceptors (Lipinski definition) is 8. The van der Waals surface area contributed by atoms with E-state index in [9.17, 15) is 4.79 Å². The molecule has 1 amide bonds. The minimum Gasteiger partial charge on any atom is -0.371 e. The van der Waals surface area contributed by atoms with Gasteiger partial charge in [0.25, 0.3) is 5.91 Å². The molecular weight excluding hydrogens is 603 g/mol. The highest BCUT2D eigenvalue weighted by Gasteiger charge is 2.41. The van der Waals surface area contributed by atoms with Crippen LogP contribution in [0.25, 0.3) is 0 Å². The molecule has 6 rings (SSSR count). The standard InChI is InChI=1S/C27H27BrCl2N8O/c1-35(2)17-8-11-36(12-9-17)22-7-6-16(14-19(22)28)33-26-32-15-18-24(34-26)37-13-10-31-27(37)38(25(18)39)23-20(29)4-3-5-21(23)30/h3-7,14-15,17H,8-13H2,1-2H3,(H,32,33,34). The number of piperidine rings is 1. The Kier molecular flexibility index (Phi) is 7.13. The van der Waals surface area contributed by atoms with Crippen LogP contribution in [0.1, 0.15) is 23.2 Å². The smallest absolute Gasteiger partial charge is 0.270 e. The highest BCUT2D eigenvalue weighted by Crippen LogP contribution is 2.40. The van der Waals surface area contributed by atoms with Crippen LogP contribution in [-0.2, 0) is 0 Å². The number of nitrogens with one attached hydrogen (secondary N) is 1. The normalized spacial score (nSPS) is 17.4. The first-order chi connectivity index (χ1) is 18.8. The molecule has 39 heavy (non-hydrogen) atoms. The van der Waals surface area contributed by atoms with Crippen molar-refractivity contribution in [3.8, 4) is 0 Å². The minimum absolute atomic E-state index is 0.325. The highest BCUT2D eigenvalue weighted by atomic mass is 79.9. The number of benzene rings is 2. The van der Waals surface area contributed by atoms with Gasteiger partial charge in [0.05, 0.1) is 28.0 Å². The lowest BCUT2D eigenvalue weighted by Crippen LogP contribution is -2.51. The van der Waals surface area contributed by atoms with Gasteiger partial charge in [-0.25, -0.2) is 9.88 Å². The van der Waals surface area contributed by atoms with Gasteiger partial charge in [-0.1, -0.05) is 29.3 Å². The number of aromatic nitrogens is 2. The largest absolute Gasteiger partial charge is 0.371 e. The summed E-state index contributed by atoms with van der Waals surface area (Å²) < 4.78 is 1.00. The number of nitrogens with zero attached hydrogens (tertiary/aromatic N) is 7. The average molecular weight is 630 g/mol. The van der Waals surface area contributed by atoms with Crippen molar-refractivity contribution >= 4 is 79.8 Å². The number of anilines is 5. The lowest BCUT2D eigenvalue weighted by Gasteiger charge is -2.37. The maximum atomic E-state index is 13.6. The molecule has 1 N–H and O–H groups in total. The van der Waals surface area contributed by atoms with E-state index in [-0.39, 0.29) is 5.91 Å². The summed E-state index contributed by atoms with van der Waals surface area (Å²) in [4.78, 5) is 35.4. The zero-order valence-electron chi connectivity index (χ0n) is 21.5. The topological polar surface area (TPSA) is 80.2 Å². The molecule has 2 aromatic carbocycles. The quantitative estimate of drug-likeness (QED) is 0.390. The Morgan fingerprint density at radius 2 is 1.82 bits per heavy atom. The number of halogens is 3. The van der Waals surface area contributed by atoms with E-state index < -0.39 is 0 Å². The lowest BCUT2D eigenvalue weighted by molar-refractivity contribution is 0.1000. The number of carbonyl (C=O) groups excluding carboxylic acids is 1. The maximum Gasteiger partial charge on any atom is 0.270 e. The SMILES string of the molecule is CN(C)C1CCN(c2ccc(Nc3ncc4c(n3)N3CCN=C3N(c3c(Cl)cccc3Cl)C4=O)cc2Br)CC1. The Balaban J connectivity index is 1.25. The fraction of sp³-hybridized carbons (Fsp3) is 0.333. The van der Waals surface area contributed by atoms with Gasteiger partial charge in [0.2, 0.25) is 11.9 Å². The van der Waals surface area contributed by atoms with Gasteiger partial charge in [-0.3, -0.25) is 14.7 Å². The van der Waals surface area contributed by atoms with E-state index in [1.54, 1.807) is 18.2 Å². The van der Waals surface area contributed by atoms with Crippen LogP contribution < -0.4 is 20.0 Å². The fourth-order valence-electron chi connectivity index (χ4n) is 5.33. The molecule has 9 nitrogen and oxygen atoms in total. The summed E-state index contributed by atoms with van der Waals surface area (Å²) in [5.41, 5.74) is 2.77. The molecule has 3 aliphatic heterocycles. The number of rotatable bonds is 5. The van der Waals surface area contributed by atoms with Gasteiger partial charge in [-0.05, 0) is 73.2 Å². The van der Waals surface area contributed by atoms with Crippen molar-refractivity contribution in [1.82, 2.24) is 14.9 Å². The molecule has 0 atom stereocenters. The Hall–Kier alpha value is -2.92. The molecule has 202 valence electrons. The Morgan fingerprint density at radius 1 is 1.08 bits per heavy atom. The summed E-state index contributed by atoms with van der Waals surface area (Å²) in [5, 5.41) is 4.02. The Labute approximate surface area is 245 Å². The van der Waals surface area contributed by atoms with Gasteiger partial charge < -0.3 is 15.1 Å². The van der Waals surface area contributed by atoms with Crippen LogP contribution >= 0.6 is 39.1 Å². The first-order valence-corrected chi connectivity index (χ1v) is 14.3. The molecule has 1 fully saturated rings. The zero-order valence-corrected chi connectivity index (χ0v) is 24.6. The van der Waals surface area contributed by atoms with E-state index in [0.717, 1.165) is 36.1 Å².